The van der Waals surface area contributed by atoms with E-state index in [9.17, 15) is 0 Å². The molecule has 0 amide bonds. The van der Waals surface area contributed by atoms with E-state index in [0.29, 0.717) is 20.6 Å². The minimum Gasteiger partial charge on any atom is -0.0645 e. The lowest BCUT2D eigenvalue weighted by Crippen LogP contribution is -2.36. The number of benzene rings is 1. The van der Waals surface area contributed by atoms with Gasteiger partial charge in [-0.15, -0.1) is 0 Å². The lowest BCUT2D eigenvalue weighted by molar-refractivity contribution is 0.609. The average Bonchev–Trinajstić information content (AvgIpc) is 2.62. The molecule has 1 rings (SSSR count). The fraction of sp³-hybridized carbons (Fsp3) is 0.769. The molecule has 1 aromatic carbocycles. The van der Waals surface area contributed by atoms with Crippen LogP contribution in [0.25, 0.3) is 0 Å². The minimum absolute atomic E-state index is 0.230. The van der Waals surface area contributed by atoms with Gasteiger partial charge in [-0.05, 0) is 56.9 Å². The molecule has 0 aliphatic heterocycles. The highest BCUT2D eigenvalue weighted by atomic mass is 31.1. The molecule has 1 aromatic rings. The molecule has 0 spiro atoms. The van der Waals surface area contributed by atoms with Gasteiger partial charge in [-0.25, -0.2) is 0 Å². The second kappa shape index (κ2) is 9.48. The van der Waals surface area contributed by atoms with Crippen LogP contribution >= 0.6 is 15.8 Å². The maximum atomic E-state index is 2.50. The SMILES string of the molecule is CCC(C)(C)P(c1ccc(P(C(C)(C)CC)C(C)(C)CC)cc1)C(C)(C)CC. The van der Waals surface area contributed by atoms with E-state index in [1.807, 2.05) is 0 Å². The third-order valence-corrected chi connectivity index (χ3v) is 15.0. The van der Waals surface area contributed by atoms with Gasteiger partial charge in [-0.2, -0.15) is 0 Å². The Kier molecular flexibility index (Phi) is 8.84. The van der Waals surface area contributed by atoms with Gasteiger partial charge in [0.2, 0.25) is 0 Å². The van der Waals surface area contributed by atoms with Gasteiger partial charge in [0.05, 0.1) is 0 Å². The Labute approximate surface area is 180 Å². The van der Waals surface area contributed by atoms with E-state index >= 15 is 0 Å². The first-order valence-corrected chi connectivity index (χ1v) is 14.1. The predicted octanol–water partition coefficient (Wildman–Crippen LogP) is 8.66. The van der Waals surface area contributed by atoms with Crippen molar-refractivity contribution in [3.05, 3.63) is 24.3 Å². The van der Waals surface area contributed by atoms with Gasteiger partial charge >= 0.3 is 0 Å². The van der Waals surface area contributed by atoms with E-state index in [1.54, 1.807) is 10.6 Å². The number of hydrogen-bond donors (Lipinski definition) is 0. The second-order valence-corrected chi connectivity index (χ2v) is 18.1. The van der Waals surface area contributed by atoms with Crippen LogP contribution in [0.2, 0.25) is 0 Å². The zero-order valence-electron chi connectivity index (χ0n) is 21.0. The highest BCUT2D eigenvalue weighted by Crippen LogP contribution is 2.62. The lowest BCUT2D eigenvalue weighted by atomic mass is 10.1. The Bertz CT molecular complexity index is 521. The summed E-state index contributed by atoms with van der Waals surface area (Å²) in [6, 6.07) is 10.0. The van der Waals surface area contributed by atoms with Crippen LogP contribution in [-0.2, 0) is 0 Å². The summed E-state index contributed by atoms with van der Waals surface area (Å²) in [7, 11) is -0.461. The standard InChI is InChI=1S/C26H48P2/c1-13-23(5,6)27(24(7,8)14-2)21-17-19-22(20-18-21)28(25(9,10)15-3)26(11,12)16-4/h17-20H,13-16H2,1-12H3. The Morgan fingerprint density at radius 3 is 0.786 bits per heavy atom. The molecule has 0 atom stereocenters. The summed E-state index contributed by atoms with van der Waals surface area (Å²) in [5.41, 5.74) is 0. The van der Waals surface area contributed by atoms with Gasteiger partial charge in [0, 0.05) is 0 Å². The summed E-state index contributed by atoms with van der Waals surface area (Å²) >= 11 is 0. The Morgan fingerprint density at radius 2 is 0.643 bits per heavy atom. The maximum absolute atomic E-state index is 2.50. The molecule has 0 radical (unpaired) electrons. The van der Waals surface area contributed by atoms with Crippen molar-refractivity contribution in [2.75, 3.05) is 0 Å². The maximum Gasteiger partial charge on any atom is -0.0109 e. The molecule has 0 unspecified atom stereocenters. The summed E-state index contributed by atoms with van der Waals surface area (Å²) in [6.45, 7) is 29.3. The van der Waals surface area contributed by atoms with Gasteiger partial charge in [-0.3, -0.25) is 0 Å². The van der Waals surface area contributed by atoms with Crippen LogP contribution in [0.5, 0.6) is 0 Å². The molecule has 0 aliphatic rings. The molecular formula is C26H48P2. The third-order valence-electron chi connectivity index (χ3n) is 7.25. The molecule has 162 valence electrons. The Balaban J connectivity index is 3.48. The van der Waals surface area contributed by atoms with E-state index in [2.05, 4.69) is 107 Å². The average molecular weight is 423 g/mol. The summed E-state index contributed by atoms with van der Waals surface area (Å²) in [5.74, 6) is 0. The Hall–Kier alpha value is 0.0800. The normalized spacial score (nSPS) is 14.2. The van der Waals surface area contributed by atoms with E-state index in [0.717, 1.165) is 0 Å². The summed E-state index contributed by atoms with van der Waals surface area (Å²) in [5, 5.41) is 4.66. The summed E-state index contributed by atoms with van der Waals surface area (Å²) in [4.78, 5) is 0. The molecule has 2 heteroatoms. The fourth-order valence-corrected chi connectivity index (χ4v) is 12.7. The summed E-state index contributed by atoms with van der Waals surface area (Å²) in [6.07, 6.45) is 4.95. The van der Waals surface area contributed by atoms with Crippen molar-refractivity contribution in [2.24, 2.45) is 0 Å². The topological polar surface area (TPSA) is 0 Å². The molecule has 0 bridgehead atoms. The second-order valence-electron chi connectivity index (χ2n) is 10.9. The molecule has 0 fully saturated rings. The fourth-order valence-electron chi connectivity index (χ4n) is 4.42. The van der Waals surface area contributed by atoms with Crippen molar-refractivity contribution in [1.29, 1.82) is 0 Å². The van der Waals surface area contributed by atoms with E-state index in [4.69, 9.17) is 0 Å². The highest BCUT2D eigenvalue weighted by molar-refractivity contribution is 7.69. The smallest absolute Gasteiger partial charge is 0.0109 e. The molecule has 28 heavy (non-hydrogen) atoms. The zero-order valence-corrected chi connectivity index (χ0v) is 22.8. The molecule has 0 N–H and O–H groups in total. The molecule has 0 aliphatic carbocycles. The van der Waals surface area contributed by atoms with E-state index < -0.39 is 0 Å². The predicted molar refractivity (Wildman–Crippen MR) is 137 cm³/mol. The molecule has 0 aromatic heterocycles. The van der Waals surface area contributed by atoms with Gasteiger partial charge in [0.1, 0.15) is 0 Å². The van der Waals surface area contributed by atoms with Gasteiger partial charge in [0.25, 0.3) is 0 Å². The van der Waals surface area contributed by atoms with Crippen molar-refractivity contribution < 1.29 is 0 Å². The largest absolute Gasteiger partial charge is 0.0645 e. The van der Waals surface area contributed by atoms with Crippen LogP contribution < -0.4 is 10.6 Å². The first-order chi connectivity index (χ1) is 12.7. The van der Waals surface area contributed by atoms with Crippen LogP contribution in [-0.4, -0.2) is 20.6 Å². The first-order valence-electron chi connectivity index (χ1n) is 11.4. The van der Waals surface area contributed by atoms with Crippen molar-refractivity contribution in [3.63, 3.8) is 0 Å². The van der Waals surface area contributed by atoms with E-state index in [1.165, 1.54) is 25.7 Å². The number of rotatable bonds is 10. The van der Waals surface area contributed by atoms with Crippen LogP contribution in [0.15, 0.2) is 24.3 Å². The quantitative estimate of drug-likeness (QED) is 0.331. The van der Waals surface area contributed by atoms with Crippen LogP contribution in [0, 0.1) is 0 Å². The van der Waals surface area contributed by atoms with Gasteiger partial charge in [-0.1, -0.05) is 123 Å². The zero-order chi connectivity index (χ0) is 22.0. The molecular weight excluding hydrogens is 374 g/mol. The van der Waals surface area contributed by atoms with Crippen molar-refractivity contribution in [2.45, 2.75) is 129 Å². The monoisotopic (exact) mass is 422 g/mol. The Morgan fingerprint density at radius 1 is 0.464 bits per heavy atom. The third kappa shape index (κ3) is 5.61. The number of hydrogen-bond acceptors (Lipinski definition) is 0. The molecule has 0 saturated carbocycles. The van der Waals surface area contributed by atoms with Crippen LogP contribution in [0.3, 0.4) is 0 Å². The molecule has 0 nitrogen and oxygen atoms in total. The van der Waals surface area contributed by atoms with Gasteiger partial charge in [0.15, 0.2) is 0 Å². The lowest BCUT2D eigenvalue weighted by Gasteiger charge is -2.46. The van der Waals surface area contributed by atoms with Crippen molar-refractivity contribution >= 4 is 26.5 Å². The van der Waals surface area contributed by atoms with E-state index in [-0.39, 0.29) is 15.8 Å². The first kappa shape index (κ1) is 26.1. The summed E-state index contributed by atoms with van der Waals surface area (Å²) < 4.78 is 0. The molecule has 0 saturated heterocycles. The van der Waals surface area contributed by atoms with Crippen molar-refractivity contribution in [1.82, 2.24) is 0 Å². The van der Waals surface area contributed by atoms with Crippen LogP contribution in [0.4, 0.5) is 0 Å². The minimum atomic E-state index is -0.230. The highest BCUT2D eigenvalue weighted by Gasteiger charge is 2.41. The van der Waals surface area contributed by atoms with Crippen molar-refractivity contribution in [3.8, 4) is 0 Å². The molecule has 0 heterocycles. The van der Waals surface area contributed by atoms with Crippen LogP contribution in [0.1, 0.15) is 109 Å². The van der Waals surface area contributed by atoms with Gasteiger partial charge < -0.3 is 0 Å².